The third-order valence-electron chi connectivity index (χ3n) is 3.77. The summed E-state index contributed by atoms with van der Waals surface area (Å²) in [6, 6.07) is 4.03. The zero-order valence-corrected chi connectivity index (χ0v) is 12.1. The van der Waals surface area contributed by atoms with Crippen molar-refractivity contribution in [3.8, 4) is 0 Å². The van der Waals surface area contributed by atoms with E-state index in [-0.39, 0.29) is 22.0 Å². The molecule has 0 heterocycles. The van der Waals surface area contributed by atoms with Crippen molar-refractivity contribution >= 4 is 23.2 Å². The zero-order chi connectivity index (χ0) is 14.8. The molecule has 1 aromatic carbocycles. The molecular weight excluding hydrogens is 280 g/mol. The Morgan fingerprint density at radius 3 is 2.70 bits per heavy atom. The van der Waals surface area contributed by atoms with E-state index in [4.69, 9.17) is 11.6 Å². The number of nitrogens with one attached hydrogen (secondary N) is 1. The SMILES string of the molecule is CCCC1(CNC(=O)c2ccc([N+](=O)[O-])c(Cl)c2)CC1. The van der Waals surface area contributed by atoms with E-state index >= 15 is 0 Å². The third kappa shape index (κ3) is 3.28. The Morgan fingerprint density at radius 2 is 2.20 bits per heavy atom. The molecule has 0 aliphatic heterocycles. The molecule has 1 aliphatic carbocycles. The van der Waals surface area contributed by atoms with E-state index in [9.17, 15) is 14.9 Å². The average Bonchev–Trinajstić information content (AvgIpc) is 3.16. The summed E-state index contributed by atoms with van der Waals surface area (Å²) in [5.74, 6) is -0.232. The summed E-state index contributed by atoms with van der Waals surface area (Å²) >= 11 is 5.80. The normalized spacial score (nSPS) is 15.7. The van der Waals surface area contributed by atoms with Crippen molar-refractivity contribution in [3.05, 3.63) is 38.9 Å². The number of carbonyl (C=O) groups is 1. The molecule has 1 N–H and O–H groups in total. The molecule has 2 rings (SSSR count). The molecule has 0 unspecified atom stereocenters. The first-order valence-corrected chi connectivity index (χ1v) is 7.07. The van der Waals surface area contributed by atoms with Crippen molar-refractivity contribution in [1.29, 1.82) is 0 Å². The summed E-state index contributed by atoms with van der Waals surface area (Å²) in [5, 5.41) is 13.5. The van der Waals surface area contributed by atoms with Gasteiger partial charge in [-0.1, -0.05) is 24.9 Å². The minimum absolute atomic E-state index is 0.0163. The van der Waals surface area contributed by atoms with Crippen molar-refractivity contribution in [1.82, 2.24) is 5.32 Å². The first kappa shape index (κ1) is 14.8. The molecule has 5 nitrogen and oxygen atoms in total. The smallest absolute Gasteiger partial charge is 0.287 e. The zero-order valence-electron chi connectivity index (χ0n) is 11.3. The standard InChI is InChI=1S/C14H17ClN2O3/c1-2-5-14(6-7-14)9-16-13(18)10-3-4-12(17(19)20)11(15)8-10/h3-4,8H,2,5-7,9H2,1H3,(H,16,18). The van der Waals surface area contributed by atoms with E-state index in [0.29, 0.717) is 12.1 Å². The van der Waals surface area contributed by atoms with Crippen molar-refractivity contribution in [2.24, 2.45) is 5.41 Å². The molecule has 0 radical (unpaired) electrons. The van der Waals surface area contributed by atoms with Crippen molar-refractivity contribution in [2.75, 3.05) is 6.54 Å². The van der Waals surface area contributed by atoms with E-state index in [1.165, 1.54) is 18.2 Å². The topological polar surface area (TPSA) is 72.2 Å². The maximum absolute atomic E-state index is 12.0. The number of nitro benzene ring substituents is 1. The lowest BCUT2D eigenvalue weighted by Gasteiger charge is -2.14. The number of halogens is 1. The molecule has 1 saturated carbocycles. The lowest BCUT2D eigenvalue weighted by molar-refractivity contribution is -0.384. The average molecular weight is 297 g/mol. The molecule has 20 heavy (non-hydrogen) atoms. The summed E-state index contributed by atoms with van der Waals surface area (Å²) < 4.78 is 0. The number of nitro groups is 1. The highest BCUT2D eigenvalue weighted by molar-refractivity contribution is 6.33. The van der Waals surface area contributed by atoms with E-state index in [0.717, 1.165) is 25.7 Å². The number of rotatable bonds is 6. The van der Waals surface area contributed by atoms with Crippen LogP contribution < -0.4 is 5.32 Å². The maximum atomic E-state index is 12.0. The van der Waals surface area contributed by atoms with Crippen LogP contribution in [0.1, 0.15) is 43.0 Å². The van der Waals surface area contributed by atoms with Crippen LogP contribution in [0, 0.1) is 15.5 Å². The molecule has 108 valence electrons. The monoisotopic (exact) mass is 296 g/mol. The highest BCUT2D eigenvalue weighted by Crippen LogP contribution is 2.48. The minimum Gasteiger partial charge on any atom is -0.351 e. The van der Waals surface area contributed by atoms with Crippen LogP contribution in [0.5, 0.6) is 0 Å². The summed E-state index contributed by atoms with van der Waals surface area (Å²) in [4.78, 5) is 22.1. The Labute approximate surface area is 122 Å². The molecule has 1 aliphatic rings. The van der Waals surface area contributed by atoms with E-state index in [1.54, 1.807) is 0 Å². The molecular formula is C14H17ClN2O3. The minimum atomic E-state index is -0.565. The van der Waals surface area contributed by atoms with Gasteiger partial charge in [0.05, 0.1) is 4.92 Å². The van der Waals surface area contributed by atoms with Gasteiger partial charge in [0, 0.05) is 18.2 Å². The molecule has 6 heteroatoms. The number of hydrogen-bond acceptors (Lipinski definition) is 3. The summed E-state index contributed by atoms with van der Waals surface area (Å²) in [5.41, 5.74) is 0.440. The second-order valence-electron chi connectivity index (χ2n) is 5.36. The predicted molar refractivity (Wildman–Crippen MR) is 77.0 cm³/mol. The number of amides is 1. The summed E-state index contributed by atoms with van der Waals surface area (Å²) in [6.07, 6.45) is 4.54. The number of hydrogen-bond donors (Lipinski definition) is 1. The molecule has 0 saturated heterocycles. The van der Waals surface area contributed by atoms with Crippen LogP contribution in [0.15, 0.2) is 18.2 Å². The highest BCUT2D eigenvalue weighted by Gasteiger charge is 2.41. The third-order valence-corrected chi connectivity index (χ3v) is 4.07. The first-order chi connectivity index (χ1) is 9.47. The lowest BCUT2D eigenvalue weighted by atomic mass is 10.0. The molecule has 0 aromatic heterocycles. The van der Waals surface area contributed by atoms with Crippen LogP contribution in [0.2, 0.25) is 5.02 Å². The fraction of sp³-hybridized carbons (Fsp3) is 0.500. The number of benzene rings is 1. The number of carbonyl (C=O) groups excluding carboxylic acids is 1. The number of nitrogens with zero attached hydrogens (tertiary/aromatic N) is 1. The Kier molecular flexibility index (Phi) is 4.28. The van der Waals surface area contributed by atoms with Gasteiger partial charge in [-0.25, -0.2) is 0 Å². The molecule has 0 bridgehead atoms. The van der Waals surface area contributed by atoms with Gasteiger partial charge < -0.3 is 5.32 Å². The van der Waals surface area contributed by atoms with Gasteiger partial charge in [0.15, 0.2) is 0 Å². The molecule has 1 aromatic rings. The Balaban J connectivity index is 1.99. The van der Waals surface area contributed by atoms with Crippen molar-refractivity contribution in [3.63, 3.8) is 0 Å². The second-order valence-corrected chi connectivity index (χ2v) is 5.76. The van der Waals surface area contributed by atoms with Crippen LogP contribution in [-0.4, -0.2) is 17.4 Å². The van der Waals surface area contributed by atoms with Gasteiger partial charge in [0.25, 0.3) is 11.6 Å². The Hall–Kier alpha value is -1.62. The quantitative estimate of drug-likeness (QED) is 0.644. The fourth-order valence-corrected chi connectivity index (χ4v) is 2.64. The van der Waals surface area contributed by atoms with Gasteiger partial charge in [-0.2, -0.15) is 0 Å². The van der Waals surface area contributed by atoms with Gasteiger partial charge in [0.2, 0.25) is 0 Å². The van der Waals surface area contributed by atoms with Crippen LogP contribution in [0.25, 0.3) is 0 Å². The van der Waals surface area contributed by atoms with E-state index in [1.807, 2.05) is 0 Å². The van der Waals surface area contributed by atoms with Crippen LogP contribution in [0.4, 0.5) is 5.69 Å². The molecule has 1 fully saturated rings. The van der Waals surface area contributed by atoms with Gasteiger partial charge >= 0.3 is 0 Å². The fourth-order valence-electron chi connectivity index (χ4n) is 2.39. The predicted octanol–water partition coefficient (Wildman–Crippen LogP) is 3.56. The Bertz CT molecular complexity index is 541. The van der Waals surface area contributed by atoms with Crippen LogP contribution in [-0.2, 0) is 0 Å². The van der Waals surface area contributed by atoms with E-state index < -0.39 is 4.92 Å². The van der Waals surface area contributed by atoms with Crippen molar-refractivity contribution in [2.45, 2.75) is 32.6 Å². The van der Waals surface area contributed by atoms with E-state index in [2.05, 4.69) is 12.2 Å². The molecule has 1 amide bonds. The largest absolute Gasteiger partial charge is 0.351 e. The summed E-state index contributed by atoms with van der Waals surface area (Å²) in [7, 11) is 0. The highest BCUT2D eigenvalue weighted by atomic mass is 35.5. The van der Waals surface area contributed by atoms with Gasteiger partial charge in [-0.15, -0.1) is 0 Å². The van der Waals surface area contributed by atoms with Gasteiger partial charge in [-0.05, 0) is 36.8 Å². The second kappa shape index (κ2) is 5.79. The molecule has 0 atom stereocenters. The van der Waals surface area contributed by atoms with Crippen molar-refractivity contribution < 1.29 is 9.72 Å². The van der Waals surface area contributed by atoms with Crippen LogP contribution >= 0.6 is 11.6 Å². The lowest BCUT2D eigenvalue weighted by Crippen LogP contribution is -2.30. The molecule has 0 spiro atoms. The first-order valence-electron chi connectivity index (χ1n) is 6.69. The Morgan fingerprint density at radius 1 is 1.50 bits per heavy atom. The van der Waals surface area contributed by atoms with Crippen LogP contribution in [0.3, 0.4) is 0 Å². The summed E-state index contributed by atoms with van der Waals surface area (Å²) in [6.45, 7) is 2.80. The van der Waals surface area contributed by atoms with Gasteiger partial charge in [0.1, 0.15) is 5.02 Å². The maximum Gasteiger partial charge on any atom is 0.287 e. The van der Waals surface area contributed by atoms with Gasteiger partial charge in [-0.3, -0.25) is 14.9 Å².